The highest BCUT2D eigenvalue weighted by Gasteiger charge is 2.24. The SMILES string of the molecule is CCCCCCCN(C)C(O)CC(O)NCCCCCCCCN(CCCCCCCCNC(O)CC(O)N(C)CCCCCCC)C(=O)C(C)C(N)=O. The van der Waals surface area contributed by atoms with Gasteiger partial charge in [-0.1, -0.05) is 117 Å². The topological polar surface area (TPSA) is 175 Å². The average Bonchev–Trinajstić information content (AvgIpc) is 3.14. The van der Waals surface area contributed by atoms with Gasteiger partial charge in [0, 0.05) is 39.0 Å². The number of amides is 2. The van der Waals surface area contributed by atoms with E-state index in [4.69, 9.17) is 5.73 Å². The molecule has 0 aromatic rings. The summed E-state index contributed by atoms with van der Waals surface area (Å²) in [6.07, 6.45) is 21.9. The molecule has 54 heavy (non-hydrogen) atoms. The van der Waals surface area contributed by atoms with E-state index in [1.54, 1.807) is 6.92 Å². The maximum atomic E-state index is 13.0. The molecule has 5 unspecified atom stereocenters. The van der Waals surface area contributed by atoms with Crippen LogP contribution in [-0.4, -0.2) is 125 Å². The first-order valence-electron chi connectivity index (χ1n) is 22.1. The molecule has 2 amide bonds. The number of rotatable bonds is 40. The third-order valence-electron chi connectivity index (χ3n) is 10.7. The third kappa shape index (κ3) is 29.8. The predicted molar refractivity (Wildman–Crippen MR) is 222 cm³/mol. The molecular weight excluding hydrogens is 684 g/mol. The number of aliphatic hydroxyl groups excluding tert-OH is 4. The molecule has 322 valence electrons. The Morgan fingerprint density at radius 3 is 1.19 bits per heavy atom. The summed E-state index contributed by atoms with van der Waals surface area (Å²) in [5, 5.41) is 47.6. The zero-order chi connectivity index (χ0) is 40.4. The number of carbonyl (C=O) groups excluding carboxylic acids is 2. The highest BCUT2D eigenvalue weighted by Crippen LogP contribution is 2.13. The lowest BCUT2D eigenvalue weighted by atomic mass is 10.1. The minimum absolute atomic E-state index is 0.177. The smallest absolute Gasteiger partial charge is 0.234 e. The summed E-state index contributed by atoms with van der Waals surface area (Å²) < 4.78 is 0. The average molecular weight is 773 g/mol. The van der Waals surface area contributed by atoms with Gasteiger partial charge < -0.3 is 31.1 Å². The summed E-state index contributed by atoms with van der Waals surface area (Å²) in [6.45, 7) is 10.4. The number of hydrogen-bond donors (Lipinski definition) is 7. The number of hydrogen-bond acceptors (Lipinski definition) is 10. The fourth-order valence-electron chi connectivity index (χ4n) is 6.69. The van der Waals surface area contributed by atoms with Crippen LogP contribution >= 0.6 is 0 Å². The molecule has 0 rings (SSSR count). The Hall–Kier alpha value is -1.38. The molecule has 0 bridgehead atoms. The fraction of sp³-hybridized carbons (Fsp3) is 0.952. The fourth-order valence-corrected chi connectivity index (χ4v) is 6.69. The molecule has 0 aliphatic carbocycles. The van der Waals surface area contributed by atoms with E-state index < -0.39 is 36.7 Å². The highest BCUT2D eigenvalue weighted by atomic mass is 16.3. The van der Waals surface area contributed by atoms with E-state index in [2.05, 4.69) is 24.5 Å². The lowest BCUT2D eigenvalue weighted by Gasteiger charge is -2.25. The first-order valence-corrected chi connectivity index (χ1v) is 22.1. The van der Waals surface area contributed by atoms with Crippen molar-refractivity contribution in [3.05, 3.63) is 0 Å². The van der Waals surface area contributed by atoms with Gasteiger partial charge in [-0.25, -0.2) is 0 Å². The van der Waals surface area contributed by atoms with Gasteiger partial charge in [0.25, 0.3) is 0 Å². The summed E-state index contributed by atoms with van der Waals surface area (Å²) in [6, 6.07) is 0. The minimum Gasteiger partial charge on any atom is -0.378 e. The highest BCUT2D eigenvalue weighted by molar-refractivity contribution is 5.99. The van der Waals surface area contributed by atoms with Crippen LogP contribution in [0.15, 0.2) is 0 Å². The molecule has 0 saturated carbocycles. The number of nitrogens with two attached hydrogens (primary N) is 1. The van der Waals surface area contributed by atoms with Gasteiger partial charge in [-0.2, -0.15) is 0 Å². The number of aliphatic hydroxyl groups is 4. The van der Waals surface area contributed by atoms with Gasteiger partial charge in [0.15, 0.2) is 0 Å². The first kappa shape index (κ1) is 52.6. The lowest BCUT2D eigenvalue weighted by Crippen LogP contribution is -2.41. The van der Waals surface area contributed by atoms with Crippen LogP contribution in [0, 0.1) is 5.92 Å². The van der Waals surface area contributed by atoms with Crippen LogP contribution in [0.5, 0.6) is 0 Å². The monoisotopic (exact) mass is 773 g/mol. The molecule has 5 atom stereocenters. The molecule has 0 radical (unpaired) electrons. The molecule has 0 aromatic heterocycles. The number of primary amides is 1. The maximum absolute atomic E-state index is 13.0. The van der Waals surface area contributed by atoms with Crippen LogP contribution in [-0.2, 0) is 9.59 Å². The zero-order valence-electron chi connectivity index (χ0n) is 35.6. The van der Waals surface area contributed by atoms with Gasteiger partial charge in [0.1, 0.15) is 30.8 Å². The van der Waals surface area contributed by atoms with Crippen molar-refractivity contribution in [3.8, 4) is 0 Å². The second kappa shape index (κ2) is 36.0. The van der Waals surface area contributed by atoms with E-state index in [0.29, 0.717) is 39.0 Å². The van der Waals surface area contributed by atoms with Crippen LogP contribution in [0.25, 0.3) is 0 Å². The second-order valence-corrected chi connectivity index (χ2v) is 15.9. The summed E-state index contributed by atoms with van der Waals surface area (Å²) in [5.41, 5.74) is 5.46. The second-order valence-electron chi connectivity index (χ2n) is 15.9. The van der Waals surface area contributed by atoms with E-state index >= 15 is 0 Å². The van der Waals surface area contributed by atoms with E-state index in [-0.39, 0.29) is 5.91 Å². The van der Waals surface area contributed by atoms with E-state index in [1.807, 2.05) is 28.8 Å². The zero-order valence-corrected chi connectivity index (χ0v) is 35.6. The van der Waals surface area contributed by atoms with Gasteiger partial charge in [-0.15, -0.1) is 0 Å². The van der Waals surface area contributed by atoms with E-state index in [1.165, 1.54) is 51.4 Å². The molecule has 0 saturated heterocycles. The Balaban J connectivity index is 4.10. The first-order chi connectivity index (χ1) is 25.9. The third-order valence-corrected chi connectivity index (χ3v) is 10.7. The molecular formula is C42H88N6O6. The van der Waals surface area contributed by atoms with Gasteiger partial charge in [-0.05, 0) is 72.6 Å². The van der Waals surface area contributed by atoms with Crippen molar-refractivity contribution in [2.75, 3.05) is 53.4 Å². The molecule has 12 heteroatoms. The van der Waals surface area contributed by atoms with Crippen LogP contribution in [0.2, 0.25) is 0 Å². The number of nitrogens with zero attached hydrogens (tertiary/aromatic N) is 3. The molecule has 0 fully saturated rings. The van der Waals surface area contributed by atoms with Crippen molar-refractivity contribution in [2.24, 2.45) is 11.7 Å². The lowest BCUT2D eigenvalue weighted by molar-refractivity contribution is -0.140. The molecule has 0 aromatic carbocycles. The Morgan fingerprint density at radius 2 is 0.833 bits per heavy atom. The Kier molecular flexibility index (Phi) is 35.1. The molecule has 0 aliphatic rings. The van der Waals surface area contributed by atoms with Crippen molar-refractivity contribution in [1.29, 1.82) is 0 Å². The predicted octanol–water partition coefficient (Wildman–Crippen LogP) is 5.66. The van der Waals surface area contributed by atoms with Gasteiger partial charge in [-0.3, -0.25) is 30.0 Å². The van der Waals surface area contributed by atoms with Crippen molar-refractivity contribution >= 4 is 11.8 Å². The standard InChI is InChI=1S/C42H88N6O6/c1-6-8-10-18-24-30-46(4)39(51)34-37(49)44-28-22-16-12-14-20-26-32-48(42(54)36(3)41(43)53)33-27-21-15-13-17-23-29-45-38(50)35-40(52)47(5)31-25-19-11-9-7-2/h36-40,44-45,49-52H,6-35H2,1-5H3,(H2,43,53). The molecule has 0 aliphatic heterocycles. The number of unbranched alkanes of at least 4 members (excludes halogenated alkanes) is 18. The molecule has 0 spiro atoms. The summed E-state index contributed by atoms with van der Waals surface area (Å²) in [4.78, 5) is 30.4. The van der Waals surface area contributed by atoms with Crippen LogP contribution in [0.3, 0.4) is 0 Å². The van der Waals surface area contributed by atoms with Gasteiger partial charge >= 0.3 is 0 Å². The Labute approximate surface area is 331 Å². The van der Waals surface area contributed by atoms with Crippen molar-refractivity contribution in [2.45, 2.75) is 200 Å². The van der Waals surface area contributed by atoms with E-state index in [9.17, 15) is 30.0 Å². The van der Waals surface area contributed by atoms with Crippen molar-refractivity contribution < 1.29 is 30.0 Å². The van der Waals surface area contributed by atoms with Crippen LogP contribution < -0.4 is 16.4 Å². The largest absolute Gasteiger partial charge is 0.378 e. The quantitative estimate of drug-likeness (QED) is 0.0234. The maximum Gasteiger partial charge on any atom is 0.234 e. The Morgan fingerprint density at radius 1 is 0.519 bits per heavy atom. The molecule has 0 heterocycles. The number of carbonyl (C=O) groups is 2. The number of nitrogens with one attached hydrogen (secondary N) is 2. The Bertz CT molecular complexity index is 821. The minimum atomic E-state index is -0.815. The summed E-state index contributed by atoms with van der Waals surface area (Å²) in [7, 11) is 3.82. The molecule has 8 N–H and O–H groups in total. The van der Waals surface area contributed by atoms with Gasteiger partial charge in [0.05, 0.1) is 0 Å². The van der Waals surface area contributed by atoms with Gasteiger partial charge in [0.2, 0.25) is 11.8 Å². The normalized spacial score (nSPS) is 14.7. The summed E-state index contributed by atoms with van der Waals surface area (Å²) in [5.74, 6) is -1.57. The van der Waals surface area contributed by atoms with Crippen LogP contribution in [0.1, 0.15) is 175 Å². The molecule has 12 nitrogen and oxygen atoms in total. The van der Waals surface area contributed by atoms with Crippen molar-refractivity contribution in [3.63, 3.8) is 0 Å². The summed E-state index contributed by atoms with van der Waals surface area (Å²) >= 11 is 0. The van der Waals surface area contributed by atoms with E-state index in [0.717, 1.165) is 103 Å². The van der Waals surface area contributed by atoms with Crippen LogP contribution in [0.4, 0.5) is 0 Å². The van der Waals surface area contributed by atoms with Crippen molar-refractivity contribution in [1.82, 2.24) is 25.3 Å².